The third kappa shape index (κ3) is 4.14. The van der Waals surface area contributed by atoms with Crippen LogP contribution in [0.2, 0.25) is 0 Å². The Morgan fingerprint density at radius 3 is 2.54 bits per heavy atom. The number of aromatic nitrogens is 2. The van der Waals surface area contributed by atoms with Gasteiger partial charge in [0.15, 0.2) is 0 Å². The van der Waals surface area contributed by atoms with E-state index in [-0.39, 0.29) is 11.2 Å². The van der Waals surface area contributed by atoms with Crippen LogP contribution in [0, 0.1) is 20.8 Å². The molecule has 5 nitrogen and oxygen atoms in total. The molecule has 1 heterocycles. The van der Waals surface area contributed by atoms with E-state index in [1.165, 1.54) is 17.3 Å². The van der Waals surface area contributed by atoms with Crippen LogP contribution in [0.15, 0.2) is 52.1 Å². The van der Waals surface area contributed by atoms with Gasteiger partial charge in [-0.1, -0.05) is 36.0 Å². The molecule has 0 aliphatic rings. The summed E-state index contributed by atoms with van der Waals surface area (Å²) < 4.78 is 5.72. The van der Waals surface area contributed by atoms with Gasteiger partial charge in [0.25, 0.3) is 5.22 Å². The van der Waals surface area contributed by atoms with Crippen molar-refractivity contribution in [2.24, 2.45) is 0 Å². The summed E-state index contributed by atoms with van der Waals surface area (Å²) in [6, 6.07) is 13.7. The van der Waals surface area contributed by atoms with Crippen molar-refractivity contribution in [1.29, 1.82) is 0 Å². The van der Waals surface area contributed by atoms with Crippen LogP contribution >= 0.6 is 11.8 Å². The molecule has 3 aromatic rings. The average Bonchev–Trinajstić information content (AvgIpc) is 3.06. The zero-order valence-corrected chi connectivity index (χ0v) is 16.1. The third-order valence-corrected chi connectivity index (χ3v) is 5.14. The number of carbonyl (C=O) groups excluding carboxylic acids is 1. The van der Waals surface area contributed by atoms with E-state index in [2.05, 4.69) is 15.5 Å². The second-order valence-electron chi connectivity index (χ2n) is 6.24. The van der Waals surface area contributed by atoms with Crippen molar-refractivity contribution in [2.45, 2.75) is 38.2 Å². The molecule has 1 aromatic heterocycles. The maximum Gasteiger partial charge on any atom is 0.277 e. The zero-order chi connectivity index (χ0) is 18.7. The molecule has 1 amide bonds. The van der Waals surface area contributed by atoms with Gasteiger partial charge in [-0.25, -0.2) is 0 Å². The normalized spacial score (nSPS) is 12.0. The molecule has 1 N–H and O–H groups in total. The molecule has 0 radical (unpaired) electrons. The van der Waals surface area contributed by atoms with Gasteiger partial charge in [-0.2, -0.15) is 0 Å². The van der Waals surface area contributed by atoms with Gasteiger partial charge in [-0.05, 0) is 62.6 Å². The number of nitrogens with zero attached hydrogens (tertiary/aromatic N) is 2. The third-order valence-electron chi connectivity index (χ3n) is 4.20. The van der Waals surface area contributed by atoms with Crippen LogP contribution in [0.1, 0.15) is 23.6 Å². The zero-order valence-electron chi connectivity index (χ0n) is 15.2. The Kier molecular flexibility index (Phi) is 5.42. The molecule has 2 aromatic carbocycles. The molecule has 0 aliphatic carbocycles. The molecule has 1 atom stereocenters. The molecular formula is C20H21N3O2S. The van der Waals surface area contributed by atoms with Crippen LogP contribution in [0.3, 0.4) is 0 Å². The maximum atomic E-state index is 12.4. The lowest BCUT2D eigenvalue weighted by atomic mass is 10.1. The van der Waals surface area contributed by atoms with Crippen LogP contribution in [-0.2, 0) is 4.79 Å². The molecule has 6 heteroatoms. The van der Waals surface area contributed by atoms with Crippen molar-refractivity contribution in [1.82, 2.24) is 10.2 Å². The number of rotatable bonds is 5. The second kappa shape index (κ2) is 7.74. The topological polar surface area (TPSA) is 68.0 Å². The Balaban J connectivity index is 1.66. The Hall–Kier alpha value is -2.60. The first-order valence-corrected chi connectivity index (χ1v) is 9.26. The van der Waals surface area contributed by atoms with Crippen LogP contribution in [0.25, 0.3) is 11.5 Å². The van der Waals surface area contributed by atoms with Gasteiger partial charge in [0, 0.05) is 11.3 Å². The number of aryl methyl sites for hydroxylation is 3. The summed E-state index contributed by atoms with van der Waals surface area (Å²) in [5.41, 5.74) is 5.09. The predicted molar refractivity (Wildman–Crippen MR) is 104 cm³/mol. The molecule has 0 unspecified atom stereocenters. The molecule has 0 spiro atoms. The van der Waals surface area contributed by atoms with Gasteiger partial charge in [0.2, 0.25) is 11.8 Å². The summed E-state index contributed by atoms with van der Waals surface area (Å²) in [7, 11) is 0. The monoisotopic (exact) mass is 367 g/mol. The van der Waals surface area contributed by atoms with Crippen molar-refractivity contribution >= 4 is 23.4 Å². The number of carbonyl (C=O) groups is 1. The minimum atomic E-state index is -0.359. The van der Waals surface area contributed by atoms with Gasteiger partial charge in [-0.3, -0.25) is 4.79 Å². The highest BCUT2D eigenvalue weighted by Gasteiger charge is 2.19. The van der Waals surface area contributed by atoms with Crippen LogP contribution in [0.5, 0.6) is 0 Å². The highest BCUT2D eigenvalue weighted by Crippen LogP contribution is 2.28. The quantitative estimate of drug-likeness (QED) is 0.657. The summed E-state index contributed by atoms with van der Waals surface area (Å²) in [6.07, 6.45) is 0. The minimum absolute atomic E-state index is 0.103. The molecule has 0 fully saturated rings. The predicted octanol–water partition coefficient (Wildman–Crippen LogP) is 4.78. The van der Waals surface area contributed by atoms with E-state index in [9.17, 15) is 4.79 Å². The molecule has 3 rings (SSSR count). The highest BCUT2D eigenvalue weighted by atomic mass is 32.2. The Bertz CT molecular complexity index is 936. The van der Waals surface area contributed by atoms with Crippen LogP contribution in [-0.4, -0.2) is 21.4 Å². The van der Waals surface area contributed by atoms with Gasteiger partial charge in [0.1, 0.15) is 0 Å². The maximum absolute atomic E-state index is 12.4. The SMILES string of the molecule is Cc1ccc(NC(=O)[C@@H](C)Sc2nnc(-c3ccccc3C)o2)cc1C. The van der Waals surface area contributed by atoms with Crippen molar-refractivity contribution in [3.05, 3.63) is 59.2 Å². The van der Waals surface area contributed by atoms with Gasteiger partial charge >= 0.3 is 0 Å². The smallest absolute Gasteiger partial charge is 0.277 e. The fourth-order valence-corrected chi connectivity index (χ4v) is 3.13. The standard InChI is InChI=1S/C20H21N3O2S/c1-12-9-10-16(11-14(12)3)21-18(24)15(4)26-20-23-22-19(25-20)17-8-6-5-7-13(17)2/h5-11,15H,1-4H3,(H,21,24)/t15-/m1/s1. The number of benzene rings is 2. The summed E-state index contributed by atoms with van der Waals surface area (Å²) in [6.45, 7) is 7.88. The van der Waals surface area contributed by atoms with Crippen molar-refractivity contribution in [3.63, 3.8) is 0 Å². The van der Waals surface area contributed by atoms with Crippen molar-refractivity contribution in [3.8, 4) is 11.5 Å². The fourth-order valence-electron chi connectivity index (χ4n) is 2.45. The number of thioether (sulfide) groups is 1. The van der Waals surface area contributed by atoms with E-state index in [0.717, 1.165) is 22.4 Å². The molecular weight excluding hydrogens is 346 g/mol. The molecule has 134 valence electrons. The van der Waals surface area contributed by atoms with Crippen molar-refractivity contribution in [2.75, 3.05) is 5.32 Å². The lowest BCUT2D eigenvalue weighted by Crippen LogP contribution is -2.22. The summed E-state index contributed by atoms with van der Waals surface area (Å²) in [5, 5.41) is 11.1. The largest absolute Gasteiger partial charge is 0.411 e. The van der Waals surface area contributed by atoms with E-state index in [1.807, 2.05) is 70.2 Å². The average molecular weight is 367 g/mol. The number of nitrogens with one attached hydrogen (secondary N) is 1. The first-order valence-electron chi connectivity index (χ1n) is 8.38. The molecule has 26 heavy (non-hydrogen) atoms. The molecule has 0 saturated carbocycles. The molecule has 0 saturated heterocycles. The molecule has 0 bridgehead atoms. The first kappa shape index (κ1) is 18.2. The number of hydrogen-bond acceptors (Lipinski definition) is 5. The Morgan fingerprint density at radius 1 is 1.04 bits per heavy atom. The van der Waals surface area contributed by atoms with Gasteiger partial charge in [0.05, 0.1) is 5.25 Å². The molecule has 0 aliphatic heterocycles. The van der Waals surface area contributed by atoms with E-state index >= 15 is 0 Å². The van der Waals surface area contributed by atoms with Crippen LogP contribution in [0.4, 0.5) is 5.69 Å². The lowest BCUT2D eigenvalue weighted by Gasteiger charge is -2.11. The second-order valence-corrected chi connectivity index (χ2v) is 7.53. The van der Waals surface area contributed by atoms with Gasteiger partial charge in [-0.15, -0.1) is 10.2 Å². The van der Waals surface area contributed by atoms with E-state index < -0.39 is 0 Å². The Labute approximate surface area is 157 Å². The lowest BCUT2D eigenvalue weighted by molar-refractivity contribution is -0.115. The van der Waals surface area contributed by atoms with E-state index in [4.69, 9.17) is 4.42 Å². The van der Waals surface area contributed by atoms with E-state index in [1.54, 1.807) is 0 Å². The van der Waals surface area contributed by atoms with E-state index in [0.29, 0.717) is 11.1 Å². The van der Waals surface area contributed by atoms with Crippen molar-refractivity contribution < 1.29 is 9.21 Å². The first-order chi connectivity index (χ1) is 12.4. The fraction of sp³-hybridized carbons (Fsp3) is 0.250. The number of anilines is 1. The summed E-state index contributed by atoms with van der Waals surface area (Å²) in [5.74, 6) is 0.362. The minimum Gasteiger partial charge on any atom is -0.411 e. The Morgan fingerprint density at radius 2 is 1.81 bits per heavy atom. The summed E-state index contributed by atoms with van der Waals surface area (Å²) in [4.78, 5) is 12.4. The van der Waals surface area contributed by atoms with Gasteiger partial charge < -0.3 is 9.73 Å². The number of hydrogen-bond donors (Lipinski definition) is 1. The highest BCUT2D eigenvalue weighted by molar-refractivity contribution is 8.00. The summed E-state index contributed by atoms with van der Waals surface area (Å²) >= 11 is 1.25. The number of amides is 1. The van der Waals surface area contributed by atoms with Crippen LogP contribution < -0.4 is 5.32 Å².